The first-order chi connectivity index (χ1) is 13.0. The van der Waals surface area contributed by atoms with Crippen molar-refractivity contribution in [3.05, 3.63) is 30.3 Å². The molecule has 0 spiro atoms. The summed E-state index contributed by atoms with van der Waals surface area (Å²) >= 11 is 2.81. The molecule has 1 heterocycles. The number of aromatic nitrogens is 2. The van der Waals surface area contributed by atoms with Gasteiger partial charge in [0.05, 0.1) is 11.3 Å². The summed E-state index contributed by atoms with van der Waals surface area (Å²) in [6.07, 6.45) is 4.65. The number of carbonyl (C=O) groups excluding carboxylic acids is 1. The van der Waals surface area contributed by atoms with E-state index in [1.807, 2.05) is 37.3 Å². The smallest absolute Gasteiger partial charge is 0.236 e. The van der Waals surface area contributed by atoms with Crippen LogP contribution in [0.4, 0.5) is 10.8 Å². The molecule has 1 N–H and O–H groups in total. The third-order valence-corrected chi connectivity index (χ3v) is 6.93. The third-order valence-electron chi connectivity index (χ3n) is 4.92. The van der Waals surface area contributed by atoms with Crippen LogP contribution in [0, 0.1) is 11.3 Å². The summed E-state index contributed by atoms with van der Waals surface area (Å²) in [6.45, 7) is 1.86. The van der Waals surface area contributed by atoms with Gasteiger partial charge in [-0.05, 0) is 31.9 Å². The SMILES string of the molecule is C[C@@H](Sc1nnc(Nc2ccccc2)s1)C(=O)N(C)C1(C#N)CCCCC1. The maximum Gasteiger partial charge on any atom is 0.236 e. The van der Waals surface area contributed by atoms with Crippen LogP contribution in [0.15, 0.2) is 34.7 Å². The summed E-state index contributed by atoms with van der Waals surface area (Å²) in [6, 6.07) is 12.2. The fourth-order valence-electron chi connectivity index (χ4n) is 3.30. The first-order valence-electron chi connectivity index (χ1n) is 9.05. The maximum absolute atomic E-state index is 12.9. The number of carbonyl (C=O) groups is 1. The first kappa shape index (κ1) is 19.6. The number of nitriles is 1. The predicted molar refractivity (Wildman–Crippen MR) is 109 cm³/mol. The third kappa shape index (κ3) is 4.60. The number of nitrogens with zero attached hydrogens (tertiary/aromatic N) is 4. The first-order valence-corrected chi connectivity index (χ1v) is 10.7. The molecule has 1 aliphatic carbocycles. The lowest BCUT2D eigenvalue weighted by Gasteiger charge is -2.39. The van der Waals surface area contributed by atoms with Gasteiger partial charge in [0.1, 0.15) is 5.54 Å². The molecule has 1 fully saturated rings. The van der Waals surface area contributed by atoms with Gasteiger partial charge in [-0.25, -0.2) is 0 Å². The standard InChI is InChI=1S/C19H23N5OS2/c1-14(16(25)24(2)19(13-20)11-7-4-8-12-19)26-18-23-22-17(27-18)21-15-9-5-3-6-10-15/h3,5-6,9-10,14H,4,7-8,11-12H2,1-2H3,(H,21,22)/t14-/m1/s1. The second kappa shape index (κ2) is 8.72. The van der Waals surface area contributed by atoms with E-state index in [1.54, 1.807) is 11.9 Å². The molecule has 6 nitrogen and oxygen atoms in total. The van der Waals surface area contributed by atoms with Gasteiger partial charge in [-0.15, -0.1) is 10.2 Å². The van der Waals surface area contributed by atoms with Crippen molar-refractivity contribution in [1.29, 1.82) is 5.26 Å². The van der Waals surface area contributed by atoms with Crippen LogP contribution >= 0.6 is 23.1 Å². The van der Waals surface area contributed by atoms with Gasteiger partial charge in [-0.3, -0.25) is 4.79 Å². The van der Waals surface area contributed by atoms with Crippen LogP contribution in [0.3, 0.4) is 0 Å². The molecule has 0 aliphatic heterocycles. The Kier molecular flexibility index (Phi) is 6.34. The van der Waals surface area contributed by atoms with Crippen LogP contribution in [-0.4, -0.2) is 38.8 Å². The van der Waals surface area contributed by atoms with Gasteiger partial charge < -0.3 is 10.2 Å². The van der Waals surface area contributed by atoms with E-state index < -0.39 is 5.54 Å². The van der Waals surface area contributed by atoms with Crippen molar-refractivity contribution in [3.8, 4) is 6.07 Å². The summed E-state index contributed by atoms with van der Waals surface area (Å²) < 4.78 is 0.734. The van der Waals surface area contributed by atoms with Crippen LogP contribution in [0.25, 0.3) is 0 Å². The molecule has 1 amide bonds. The summed E-state index contributed by atoms with van der Waals surface area (Å²) in [5.41, 5.74) is 0.285. The zero-order valence-electron chi connectivity index (χ0n) is 15.5. The Hall–Kier alpha value is -2.11. The Morgan fingerprint density at radius 2 is 2.00 bits per heavy atom. The van der Waals surface area contributed by atoms with E-state index in [2.05, 4.69) is 21.6 Å². The molecule has 0 unspecified atom stereocenters. The summed E-state index contributed by atoms with van der Waals surface area (Å²) in [4.78, 5) is 14.6. The van der Waals surface area contributed by atoms with E-state index in [4.69, 9.17) is 0 Å². The Balaban J connectivity index is 1.62. The Bertz CT molecular complexity index is 811. The van der Waals surface area contributed by atoms with E-state index in [0.717, 1.165) is 42.1 Å². The largest absolute Gasteiger partial charge is 0.330 e. The fourth-order valence-corrected chi connectivity index (χ4v) is 5.31. The highest BCUT2D eigenvalue weighted by molar-refractivity contribution is 8.02. The van der Waals surface area contributed by atoms with Crippen molar-refractivity contribution in [1.82, 2.24) is 15.1 Å². The number of thioether (sulfide) groups is 1. The summed E-state index contributed by atoms with van der Waals surface area (Å²) in [5.74, 6) is -0.0313. The predicted octanol–water partition coefficient (Wildman–Crippen LogP) is 4.45. The molecule has 0 saturated heterocycles. The normalized spacial score (nSPS) is 16.9. The number of amides is 1. The quantitative estimate of drug-likeness (QED) is 0.720. The number of para-hydroxylation sites is 1. The van der Waals surface area contributed by atoms with E-state index >= 15 is 0 Å². The van der Waals surface area contributed by atoms with E-state index in [-0.39, 0.29) is 11.2 Å². The molecule has 2 aromatic rings. The molecule has 1 aromatic heterocycles. The van der Waals surface area contributed by atoms with Crippen molar-refractivity contribution in [2.75, 3.05) is 12.4 Å². The van der Waals surface area contributed by atoms with Crippen molar-refractivity contribution in [3.63, 3.8) is 0 Å². The van der Waals surface area contributed by atoms with Gasteiger partial charge in [0.2, 0.25) is 11.0 Å². The van der Waals surface area contributed by atoms with Crippen LogP contribution in [0.5, 0.6) is 0 Å². The van der Waals surface area contributed by atoms with Gasteiger partial charge in [0, 0.05) is 12.7 Å². The topological polar surface area (TPSA) is 81.9 Å². The fraction of sp³-hybridized carbons (Fsp3) is 0.474. The van der Waals surface area contributed by atoms with Crippen LogP contribution < -0.4 is 5.32 Å². The number of anilines is 2. The number of hydrogen-bond acceptors (Lipinski definition) is 7. The molecule has 1 atom stereocenters. The van der Waals surface area contributed by atoms with Crippen LogP contribution in [-0.2, 0) is 4.79 Å². The van der Waals surface area contributed by atoms with Gasteiger partial charge >= 0.3 is 0 Å². The zero-order chi connectivity index (χ0) is 19.3. The number of rotatable bonds is 6. The van der Waals surface area contributed by atoms with Gasteiger partial charge in [-0.2, -0.15) is 5.26 Å². The molecule has 8 heteroatoms. The van der Waals surface area contributed by atoms with Crippen LogP contribution in [0.1, 0.15) is 39.0 Å². The Morgan fingerprint density at radius 3 is 2.67 bits per heavy atom. The monoisotopic (exact) mass is 401 g/mol. The molecule has 1 aromatic carbocycles. The van der Waals surface area contributed by atoms with Crippen LogP contribution in [0.2, 0.25) is 0 Å². The second-order valence-electron chi connectivity index (χ2n) is 6.73. The number of hydrogen-bond donors (Lipinski definition) is 1. The summed E-state index contributed by atoms with van der Waals surface area (Å²) in [7, 11) is 1.76. The van der Waals surface area contributed by atoms with Gasteiger partial charge in [0.15, 0.2) is 4.34 Å². The molecule has 142 valence electrons. The van der Waals surface area contributed by atoms with Crippen molar-refractivity contribution in [2.24, 2.45) is 0 Å². The molecular weight excluding hydrogens is 378 g/mol. The molecule has 27 heavy (non-hydrogen) atoms. The minimum atomic E-state index is -0.661. The average Bonchev–Trinajstić information content (AvgIpc) is 3.14. The van der Waals surface area contributed by atoms with E-state index in [9.17, 15) is 10.1 Å². The van der Waals surface area contributed by atoms with Gasteiger partial charge in [-0.1, -0.05) is 60.6 Å². The van der Waals surface area contributed by atoms with E-state index in [0.29, 0.717) is 5.13 Å². The highest BCUT2D eigenvalue weighted by Crippen LogP contribution is 2.35. The minimum Gasteiger partial charge on any atom is -0.330 e. The molecular formula is C19H23N5OS2. The molecule has 1 saturated carbocycles. The Morgan fingerprint density at radius 1 is 1.30 bits per heavy atom. The minimum absolute atomic E-state index is 0.0313. The lowest BCUT2D eigenvalue weighted by Crippen LogP contribution is -2.52. The molecule has 1 aliphatic rings. The second-order valence-corrected chi connectivity index (χ2v) is 9.29. The number of benzene rings is 1. The summed E-state index contributed by atoms with van der Waals surface area (Å²) in [5, 5.41) is 21.6. The Labute approximate surface area is 168 Å². The zero-order valence-corrected chi connectivity index (χ0v) is 17.1. The van der Waals surface area contributed by atoms with E-state index in [1.165, 1.54) is 23.1 Å². The number of nitrogens with one attached hydrogen (secondary N) is 1. The molecule has 0 radical (unpaired) electrons. The average molecular weight is 402 g/mol. The van der Waals surface area contributed by atoms with Crippen molar-refractivity contribution in [2.45, 2.75) is 54.2 Å². The highest BCUT2D eigenvalue weighted by atomic mass is 32.2. The lowest BCUT2D eigenvalue weighted by molar-refractivity contribution is -0.133. The highest BCUT2D eigenvalue weighted by Gasteiger charge is 2.40. The van der Waals surface area contributed by atoms with Gasteiger partial charge in [0.25, 0.3) is 0 Å². The maximum atomic E-state index is 12.9. The molecule has 0 bridgehead atoms. The van der Waals surface area contributed by atoms with Crippen molar-refractivity contribution >= 4 is 39.8 Å². The van der Waals surface area contributed by atoms with Crippen molar-refractivity contribution < 1.29 is 4.79 Å². The lowest BCUT2D eigenvalue weighted by atomic mass is 9.81. The molecule has 3 rings (SSSR count).